The number of rotatable bonds is 2. The van der Waals surface area contributed by atoms with E-state index in [4.69, 9.17) is 4.74 Å². The minimum atomic E-state index is -1.19. The van der Waals surface area contributed by atoms with Gasteiger partial charge in [0.25, 0.3) is 0 Å². The van der Waals surface area contributed by atoms with Gasteiger partial charge in [0.1, 0.15) is 11.9 Å². The lowest BCUT2D eigenvalue weighted by atomic mass is 9.67. The highest BCUT2D eigenvalue weighted by atomic mass is 32.1. The van der Waals surface area contributed by atoms with Gasteiger partial charge in [0.05, 0.1) is 34.7 Å². The number of allylic oxidation sites excluding steroid dienone is 1. The summed E-state index contributed by atoms with van der Waals surface area (Å²) in [5, 5.41) is 24.8. The Kier molecular flexibility index (Phi) is 9.24. The third-order valence-corrected chi connectivity index (χ3v) is 8.20. The summed E-state index contributed by atoms with van der Waals surface area (Å²) in [7, 11) is 0. The molecule has 1 aromatic heterocycles. The lowest BCUT2D eigenvalue weighted by Gasteiger charge is -2.39. The van der Waals surface area contributed by atoms with Gasteiger partial charge in [-0.1, -0.05) is 32.4 Å². The van der Waals surface area contributed by atoms with Gasteiger partial charge in [0, 0.05) is 17.7 Å². The lowest BCUT2D eigenvalue weighted by molar-refractivity contribution is -0.155. The van der Waals surface area contributed by atoms with E-state index >= 15 is 0 Å². The molecule has 1 aliphatic carbocycles. The summed E-state index contributed by atoms with van der Waals surface area (Å²) in [6, 6.07) is 0. The summed E-state index contributed by atoms with van der Waals surface area (Å²) in [6.45, 7) is 7.21. The molecule has 7 heteroatoms. The Morgan fingerprint density at radius 3 is 2.62 bits per heavy atom. The molecule has 0 saturated heterocycles. The van der Waals surface area contributed by atoms with E-state index in [1.807, 2.05) is 31.4 Å². The van der Waals surface area contributed by atoms with Crippen LogP contribution in [-0.2, 0) is 14.3 Å². The second-order valence-corrected chi connectivity index (χ2v) is 11.5. The number of ketones is 1. The molecule has 0 aromatic carbocycles. The average molecular weight is 490 g/mol. The maximum absolute atomic E-state index is 13.4. The van der Waals surface area contributed by atoms with Gasteiger partial charge in [-0.2, -0.15) is 0 Å². The zero-order valence-electron chi connectivity index (χ0n) is 20.8. The summed E-state index contributed by atoms with van der Waals surface area (Å²) in [5.41, 5.74) is 0.568. The summed E-state index contributed by atoms with van der Waals surface area (Å²) >= 11 is 1.57. The van der Waals surface area contributed by atoms with Crippen molar-refractivity contribution in [2.24, 2.45) is 17.3 Å². The molecule has 0 radical (unpaired) electrons. The molecule has 0 amide bonds. The number of aliphatic hydroxyl groups is 2. The van der Waals surface area contributed by atoms with Crippen molar-refractivity contribution in [3.63, 3.8) is 0 Å². The first-order valence-corrected chi connectivity index (χ1v) is 13.3. The largest absolute Gasteiger partial charge is 0.457 e. The number of ether oxygens (including phenoxy) is 1. The van der Waals surface area contributed by atoms with E-state index in [2.05, 4.69) is 11.1 Å². The Morgan fingerprint density at radius 1 is 1.18 bits per heavy atom. The van der Waals surface area contributed by atoms with E-state index in [0.717, 1.165) is 48.4 Å². The molecular formula is C27H39NO5S. The van der Waals surface area contributed by atoms with Crippen molar-refractivity contribution in [1.82, 2.24) is 4.98 Å². The average Bonchev–Trinajstić information content (AvgIpc) is 3.19. The molecule has 1 saturated carbocycles. The minimum absolute atomic E-state index is 0.0985. The van der Waals surface area contributed by atoms with Gasteiger partial charge in [0.2, 0.25) is 0 Å². The number of carbonyl (C=O) groups excluding carboxylic acids is 2. The van der Waals surface area contributed by atoms with Crippen LogP contribution in [-0.4, -0.2) is 45.3 Å². The number of Topliss-reactive ketones (excluding diaryl/α,β-unsaturated/α-hetero) is 1. The van der Waals surface area contributed by atoms with Crippen molar-refractivity contribution in [2.45, 2.75) is 97.4 Å². The molecule has 1 aliphatic heterocycles. The van der Waals surface area contributed by atoms with Gasteiger partial charge >= 0.3 is 5.97 Å². The third-order valence-electron chi connectivity index (χ3n) is 7.41. The standard InChI is InChI=1S/C27H39NO5S/c1-17(14-20-16-34-18(2)28-20)22-13-8-6-5-7-10-19-11-9-12-21(25(19)31)26(32)27(3,4)23(29)15-24(30)33-22/h6,8,14,16,19,21-23,25,29,31H,5,7,9-13,15H2,1-4H3/b8-6-,17-14+/t19-,21+,22-,23-,25-/m0/s1. The molecule has 188 valence electrons. The van der Waals surface area contributed by atoms with Crippen LogP contribution in [0.1, 0.15) is 82.8 Å². The van der Waals surface area contributed by atoms with E-state index in [1.54, 1.807) is 25.2 Å². The first kappa shape index (κ1) is 26.8. The highest BCUT2D eigenvalue weighted by molar-refractivity contribution is 7.09. The fraction of sp³-hybridized carbons (Fsp3) is 0.667. The number of hydrogen-bond donors (Lipinski definition) is 2. The molecule has 1 fully saturated rings. The molecular weight excluding hydrogens is 450 g/mol. The molecule has 0 unspecified atom stereocenters. The molecule has 34 heavy (non-hydrogen) atoms. The SMILES string of the molecule is C/C(=C\c1csc(C)n1)[C@@H]1C/C=C\CCC[C@H]2CCC[C@@H](C(=O)C(C)(C)[C@@H](O)CC(=O)O1)[C@H]2O. The second kappa shape index (κ2) is 11.7. The van der Waals surface area contributed by atoms with Crippen molar-refractivity contribution in [2.75, 3.05) is 0 Å². The van der Waals surface area contributed by atoms with Crippen LogP contribution >= 0.6 is 11.3 Å². The van der Waals surface area contributed by atoms with Crippen molar-refractivity contribution >= 4 is 29.2 Å². The minimum Gasteiger partial charge on any atom is -0.457 e. The highest BCUT2D eigenvalue weighted by Crippen LogP contribution is 2.39. The normalized spacial score (nSPS) is 32.8. The Hall–Kier alpha value is -1.83. The van der Waals surface area contributed by atoms with Crippen LogP contribution in [0.5, 0.6) is 0 Å². The number of cyclic esters (lactones) is 1. The number of aryl methyl sites for hydroxylation is 1. The van der Waals surface area contributed by atoms with E-state index in [1.165, 1.54) is 0 Å². The zero-order chi connectivity index (χ0) is 24.9. The first-order chi connectivity index (χ1) is 16.1. The van der Waals surface area contributed by atoms with Crippen LogP contribution in [0.15, 0.2) is 23.1 Å². The Balaban J connectivity index is 1.82. The van der Waals surface area contributed by atoms with E-state index < -0.39 is 35.6 Å². The monoisotopic (exact) mass is 489 g/mol. The molecule has 2 bridgehead atoms. The van der Waals surface area contributed by atoms with Crippen molar-refractivity contribution in [1.29, 1.82) is 0 Å². The van der Waals surface area contributed by atoms with Crippen LogP contribution in [0.4, 0.5) is 0 Å². The molecule has 2 aliphatic rings. The van der Waals surface area contributed by atoms with Crippen LogP contribution in [0, 0.1) is 24.2 Å². The quantitative estimate of drug-likeness (QED) is 0.447. The van der Waals surface area contributed by atoms with Gasteiger partial charge in [-0.15, -0.1) is 11.3 Å². The number of hydrogen-bond acceptors (Lipinski definition) is 7. The smallest absolute Gasteiger partial charge is 0.309 e. The summed E-state index contributed by atoms with van der Waals surface area (Å²) in [4.78, 5) is 30.7. The first-order valence-electron chi connectivity index (χ1n) is 12.4. The number of aromatic nitrogens is 1. The molecule has 1 aromatic rings. The molecule has 5 atom stereocenters. The lowest BCUT2D eigenvalue weighted by Crippen LogP contribution is -2.48. The van der Waals surface area contributed by atoms with Gasteiger partial charge in [-0.3, -0.25) is 9.59 Å². The molecule has 6 nitrogen and oxygen atoms in total. The van der Waals surface area contributed by atoms with E-state index in [-0.39, 0.29) is 18.1 Å². The number of carbonyl (C=O) groups is 2. The maximum atomic E-state index is 13.4. The van der Waals surface area contributed by atoms with Crippen molar-refractivity contribution in [3.8, 4) is 0 Å². The summed E-state index contributed by atoms with van der Waals surface area (Å²) in [6.07, 6.45) is 9.11. The van der Waals surface area contributed by atoms with Gasteiger partial charge in [-0.05, 0) is 63.5 Å². The number of thiazole rings is 1. The Labute approximate surface area is 207 Å². The summed E-state index contributed by atoms with van der Waals surface area (Å²) in [5.74, 6) is -1.10. The Bertz CT molecular complexity index is 918. The Morgan fingerprint density at radius 2 is 1.91 bits per heavy atom. The third kappa shape index (κ3) is 6.64. The van der Waals surface area contributed by atoms with E-state index in [9.17, 15) is 19.8 Å². The van der Waals surface area contributed by atoms with Gasteiger partial charge < -0.3 is 14.9 Å². The molecule has 3 rings (SSSR count). The van der Waals surface area contributed by atoms with Gasteiger partial charge in [-0.25, -0.2) is 4.98 Å². The van der Waals surface area contributed by atoms with Crippen molar-refractivity contribution < 1.29 is 24.5 Å². The van der Waals surface area contributed by atoms with Crippen LogP contribution < -0.4 is 0 Å². The molecule has 2 heterocycles. The molecule has 2 N–H and O–H groups in total. The zero-order valence-corrected chi connectivity index (χ0v) is 21.6. The predicted molar refractivity (Wildman–Crippen MR) is 134 cm³/mol. The topological polar surface area (TPSA) is 96.7 Å². The second-order valence-electron chi connectivity index (χ2n) is 10.4. The summed E-state index contributed by atoms with van der Waals surface area (Å²) < 4.78 is 5.79. The number of aliphatic hydroxyl groups excluding tert-OH is 2. The van der Waals surface area contributed by atoms with Crippen LogP contribution in [0.2, 0.25) is 0 Å². The van der Waals surface area contributed by atoms with Crippen LogP contribution in [0.3, 0.4) is 0 Å². The van der Waals surface area contributed by atoms with Crippen molar-refractivity contribution in [3.05, 3.63) is 33.8 Å². The number of nitrogens with zero attached hydrogens (tertiary/aromatic N) is 1. The number of esters is 1. The van der Waals surface area contributed by atoms with E-state index in [0.29, 0.717) is 12.8 Å². The highest BCUT2D eigenvalue weighted by Gasteiger charge is 2.45. The fourth-order valence-electron chi connectivity index (χ4n) is 5.07. The molecule has 0 spiro atoms. The number of fused-ring (bicyclic) bond motifs is 2. The van der Waals surface area contributed by atoms with Crippen LogP contribution in [0.25, 0.3) is 6.08 Å². The predicted octanol–water partition coefficient (Wildman–Crippen LogP) is 5.02. The van der Waals surface area contributed by atoms with Gasteiger partial charge in [0.15, 0.2) is 0 Å². The fourth-order valence-corrected chi connectivity index (χ4v) is 5.64. The maximum Gasteiger partial charge on any atom is 0.309 e.